The average Bonchev–Trinajstić information content (AvgIpc) is 2.50. The summed E-state index contributed by atoms with van der Waals surface area (Å²) in [5.41, 5.74) is 3.18. The SMILES string of the molecule is CCOc1ccc(C(=O)N/N=C\c2ccc(O)cc2O)cc1. The fraction of sp³-hybridized carbons (Fsp3) is 0.125. The second-order valence-corrected chi connectivity index (χ2v) is 4.40. The first kappa shape index (κ1) is 15.4. The second kappa shape index (κ2) is 7.12. The Morgan fingerprint density at radius 3 is 2.59 bits per heavy atom. The number of phenols is 2. The summed E-state index contributed by atoms with van der Waals surface area (Å²) >= 11 is 0. The molecular formula is C16H16N2O4. The Bertz CT molecular complexity index is 681. The minimum atomic E-state index is -0.377. The lowest BCUT2D eigenvalue weighted by atomic mass is 10.2. The number of aromatic hydroxyl groups is 2. The van der Waals surface area contributed by atoms with E-state index in [4.69, 9.17) is 4.74 Å². The predicted octanol–water partition coefficient (Wildman–Crippen LogP) is 2.26. The minimum Gasteiger partial charge on any atom is -0.508 e. The van der Waals surface area contributed by atoms with Crippen LogP contribution in [0.2, 0.25) is 0 Å². The highest BCUT2D eigenvalue weighted by Crippen LogP contribution is 2.20. The molecule has 0 radical (unpaired) electrons. The van der Waals surface area contributed by atoms with E-state index in [9.17, 15) is 15.0 Å². The lowest BCUT2D eigenvalue weighted by molar-refractivity contribution is 0.0955. The van der Waals surface area contributed by atoms with Gasteiger partial charge in [-0.15, -0.1) is 0 Å². The molecule has 0 fully saturated rings. The highest BCUT2D eigenvalue weighted by Gasteiger charge is 2.04. The number of rotatable bonds is 5. The van der Waals surface area contributed by atoms with E-state index in [1.54, 1.807) is 24.3 Å². The lowest BCUT2D eigenvalue weighted by Crippen LogP contribution is -2.17. The van der Waals surface area contributed by atoms with Crippen LogP contribution in [0.5, 0.6) is 17.2 Å². The smallest absolute Gasteiger partial charge is 0.271 e. The van der Waals surface area contributed by atoms with E-state index < -0.39 is 0 Å². The van der Waals surface area contributed by atoms with Crippen LogP contribution in [0, 0.1) is 0 Å². The van der Waals surface area contributed by atoms with Crippen molar-refractivity contribution >= 4 is 12.1 Å². The molecule has 0 aliphatic carbocycles. The highest BCUT2D eigenvalue weighted by molar-refractivity contribution is 5.95. The Morgan fingerprint density at radius 2 is 1.95 bits per heavy atom. The number of amides is 1. The number of carbonyl (C=O) groups excluding carboxylic acids is 1. The first-order valence-electron chi connectivity index (χ1n) is 6.68. The Kier molecular flexibility index (Phi) is 4.98. The summed E-state index contributed by atoms with van der Waals surface area (Å²) in [5, 5.41) is 22.5. The van der Waals surface area contributed by atoms with Gasteiger partial charge in [0.2, 0.25) is 0 Å². The summed E-state index contributed by atoms with van der Waals surface area (Å²) in [6.45, 7) is 2.44. The van der Waals surface area contributed by atoms with Crippen molar-refractivity contribution < 1.29 is 19.7 Å². The molecule has 0 aliphatic rings. The van der Waals surface area contributed by atoms with Crippen LogP contribution in [-0.2, 0) is 0 Å². The molecule has 2 rings (SSSR count). The second-order valence-electron chi connectivity index (χ2n) is 4.40. The molecule has 6 nitrogen and oxygen atoms in total. The Balaban J connectivity index is 1.98. The molecule has 0 unspecified atom stereocenters. The monoisotopic (exact) mass is 300 g/mol. The first-order chi connectivity index (χ1) is 10.6. The summed E-state index contributed by atoms with van der Waals surface area (Å²) in [7, 11) is 0. The minimum absolute atomic E-state index is 0.0481. The van der Waals surface area contributed by atoms with E-state index in [1.165, 1.54) is 24.4 Å². The van der Waals surface area contributed by atoms with Crippen LogP contribution in [0.15, 0.2) is 47.6 Å². The van der Waals surface area contributed by atoms with E-state index in [0.717, 1.165) is 0 Å². The van der Waals surface area contributed by atoms with Crippen LogP contribution >= 0.6 is 0 Å². The van der Waals surface area contributed by atoms with Gasteiger partial charge in [0.15, 0.2) is 0 Å². The Labute approximate surface area is 127 Å². The van der Waals surface area contributed by atoms with E-state index in [2.05, 4.69) is 10.5 Å². The third-order valence-corrected chi connectivity index (χ3v) is 2.81. The molecule has 3 N–H and O–H groups in total. The van der Waals surface area contributed by atoms with Crippen molar-refractivity contribution in [2.45, 2.75) is 6.92 Å². The van der Waals surface area contributed by atoms with Crippen LogP contribution < -0.4 is 10.2 Å². The lowest BCUT2D eigenvalue weighted by Gasteiger charge is -2.04. The Hall–Kier alpha value is -3.02. The molecule has 0 aromatic heterocycles. The molecule has 114 valence electrons. The van der Waals surface area contributed by atoms with Gasteiger partial charge in [0, 0.05) is 17.2 Å². The maximum Gasteiger partial charge on any atom is 0.271 e. The van der Waals surface area contributed by atoms with Crippen LogP contribution in [-0.4, -0.2) is 28.9 Å². The van der Waals surface area contributed by atoms with Crippen molar-refractivity contribution in [2.24, 2.45) is 5.10 Å². The number of nitrogens with zero attached hydrogens (tertiary/aromatic N) is 1. The summed E-state index contributed by atoms with van der Waals surface area (Å²) in [5.74, 6) is 0.140. The molecule has 1 amide bonds. The van der Waals surface area contributed by atoms with Crippen molar-refractivity contribution in [1.82, 2.24) is 5.43 Å². The summed E-state index contributed by atoms with van der Waals surface area (Å²) in [4.78, 5) is 11.9. The zero-order valence-corrected chi connectivity index (χ0v) is 12.0. The van der Waals surface area contributed by atoms with Crippen LogP contribution in [0.3, 0.4) is 0 Å². The largest absolute Gasteiger partial charge is 0.508 e. The quantitative estimate of drug-likeness (QED) is 0.583. The van der Waals surface area contributed by atoms with Crippen LogP contribution in [0.1, 0.15) is 22.8 Å². The third kappa shape index (κ3) is 3.99. The normalized spacial score (nSPS) is 10.6. The van der Waals surface area contributed by atoms with Gasteiger partial charge in [-0.25, -0.2) is 5.43 Å². The molecule has 6 heteroatoms. The molecule has 0 bridgehead atoms. The maximum atomic E-state index is 11.9. The van der Waals surface area contributed by atoms with Gasteiger partial charge in [-0.1, -0.05) is 0 Å². The summed E-state index contributed by atoms with van der Waals surface area (Å²) in [6, 6.07) is 10.8. The number of phenolic OH excluding ortho intramolecular Hbond substituents is 2. The van der Waals surface area contributed by atoms with Gasteiger partial charge in [0.05, 0.1) is 12.8 Å². The fourth-order valence-electron chi connectivity index (χ4n) is 1.74. The van der Waals surface area contributed by atoms with Gasteiger partial charge >= 0.3 is 0 Å². The van der Waals surface area contributed by atoms with Gasteiger partial charge in [0.25, 0.3) is 5.91 Å². The standard InChI is InChI=1S/C16H16N2O4/c1-2-22-14-7-4-11(5-8-14)16(21)18-17-10-12-3-6-13(19)9-15(12)20/h3-10,19-20H,2H2,1H3,(H,18,21)/b17-10-. The number of hydrazone groups is 1. The molecule has 22 heavy (non-hydrogen) atoms. The van der Waals surface area contributed by atoms with Crippen molar-refractivity contribution in [3.63, 3.8) is 0 Å². The van der Waals surface area contributed by atoms with E-state index in [1.807, 2.05) is 6.92 Å². The summed E-state index contributed by atoms with van der Waals surface area (Å²) < 4.78 is 5.29. The molecule has 0 saturated heterocycles. The van der Waals surface area contributed by atoms with E-state index in [-0.39, 0.29) is 17.4 Å². The number of benzene rings is 2. The zero-order valence-electron chi connectivity index (χ0n) is 12.0. The van der Waals surface area contributed by atoms with Gasteiger partial charge in [0.1, 0.15) is 17.2 Å². The molecule has 2 aromatic carbocycles. The van der Waals surface area contributed by atoms with E-state index >= 15 is 0 Å². The molecule has 0 spiro atoms. The maximum absolute atomic E-state index is 11.9. The van der Waals surface area contributed by atoms with Gasteiger partial charge in [-0.3, -0.25) is 4.79 Å². The van der Waals surface area contributed by atoms with Crippen molar-refractivity contribution in [2.75, 3.05) is 6.61 Å². The zero-order chi connectivity index (χ0) is 15.9. The molecule has 0 saturated carbocycles. The molecule has 0 aliphatic heterocycles. The average molecular weight is 300 g/mol. The molecule has 2 aromatic rings. The number of hydrogen-bond donors (Lipinski definition) is 3. The third-order valence-electron chi connectivity index (χ3n) is 2.81. The van der Waals surface area contributed by atoms with Crippen molar-refractivity contribution in [3.8, 4) is 17.2 Å². The molecular weight excluding hydrogens is 284 g/mol. The number of ether oxygens (including phenoxy) is 1. The van der Waals surface area contributed by atoms with Gasteiger partial charge < -0.3 is 14.9 Å². The predicted molar refractivity (Wildman–Crippen MR) is 82.4 cm³/mol. The fourth-order valence-corrected chi connectivity index (χ4v) is 1.74. The first-order valence-corrected chi connectivity index (χ1v) is 6.68. The van der Waals surface area contributed by atoms with Gasteiger partial charge in [-0.05, 0) is 43.3 Å². The van der Waals surface area contributed by atoms with Crippen LogP contribution in [0.25, 0.3) is 0 Å². The van der Waals surface area contributed by atoms with Gasteiger partial charge in [-0.2, -0.15) is 5.10 Å². The molecule has 0 atom stereocenters. The number of carbonyl (C=O) groups is 1. The number of nitrogens with one attached hydrogen (secondary N) is 1. The van der Waals surface area contributed by atoms with Crippen LogP contribution in [0.4, 0.5) is 0 Å². The summed E-state index contributed by atoms with van der Waals surface area (Å²) in [6.07, 6.45) is 1.29. The topological polar surface area (TPSA) is 91.2 Å². The number of hydrogen-bond acceptors (Lipinski definition) is 5. The Morgan fingerprint density at radius 1 is 1.23 bits per heavy atom. The van der Waals surface area contributed by atoms with Crippen molar-refractivity contribution in [3.05, 3.63) is 53.6 Å². The molecule has 0 heterocycles. The highest BCUT2D eigenvalue weighted by atomic mass is 16.5. The van der Waals surface area contributed by atoms with E-state index in [0.29, 0.717) is 23.5 Å². The van der Waals surface area contributed by atoms with Crippen molar-refractivity contribution in [1.29, 1.82) is 0 Å².